The van der Waals surface area contributed by atoms with Gasteiger partial charge in [0.1, 0.15) is 10.7 Å². The molecule has 3 N–H and O–H groups in total. The first kappa shape index (κ1) is 13.8. The number of hydrogen-bond acceptors (Lipinski definition) is 9. The van der Waals surface area contributed by atoms with E-state index in [1.807, 2.05) is 0 Å². The highest BCUT2D eigenvalue weighted by Gasteiger charge is 2.20. The topological polar surface area (TPSA) is 151 Å². The average Bonchev–Trinajstić information content (AvgIpc) is 2.85. The molecule has 11 nitrogen and oxygen atoms in total. The first-order valence-corrected chi connectivity index (χ1v) is 5.95. The highest BCUT2D eigenvalue weighted by Crippen LogP contribution is 2.16. The molecule has 0 spiro atoms. The van der Waals surface area contributed by atoms with Gasteiger partial charge in [0, 0.05) is 18.6 Å². The van der Waals surface area contributed by atoms with Crippen LogP contribution in [0.1, 0.15) is 5.69 Å². The van der Waals surface area contributed by atoms with Gasteiger partial charge < -0.3 is 5.43 Å². The second-order valence-electron chi connectivity index (χ2n) is 3.75. The van der Waals surface area contributed by atoms with Crippen LogP contribution in [0.2, 0.25) is 0 Å². The van der Waals surface area contributed by atoms with E-state index in [1.54, 1.807) is 0 Å². The lowest BCUT2D eigenvalue weighted by Gasteiger charge is -2.06. The highest BCUT2D eigenvalue weighted by molar-refractivity contribution is 7.10. The molecule has 0 bridgehead atoms. The predicted molar refractivity (Wildman–Crippen MR) is 69.4 cm³/mol. The first-order valence-electron chi connectivity index (χ1n) is 5.18. The standard InChI is InChI=1S/C8H9N7O4S/c1-13-3-5(15(18)19)7(16)14(8(13)17)2-4-6(10-9)20-12-11-4/h3,10H,2,9H2,1H3. The minimum atomic E-state index is -1.01. The molecule has 0 saturated heterocycles. The highest BCUT2D eigenvalue weighted by atomic mass is 32.1. The van der Waals surface area contributed by atoms with Crippen molar-refractivity contribution in [2.75, 3.05) is 5.43 Å². The number of hydrazine groups is 1. The van der Waals surface area contributed by atoms with Crippen molar-refractivity contribution in [3.05, 3.63) is 42.8 Å². The van der Waals surface area contributed by atoms with Crippen LogP contribution in [-0.4, -0.2) is 23.6 Å². The van der Waals surface area contributed by atoms with Crippen LogP contribution in [0.4, 0.5) is 10.7 Å². The molecule has 0 aromatic carbocycles. The minimum absolute atomic E-state index is 0.247. The normalized spacial score (nSPS) is 10.5. The molecule has 0 saturated carbocycles. The number of rotatable bonds is 4. The molecule has 2 heterocycles. The number of nitrogen functional groups attached to an aromatic ring is 1. The Hall–Kier alpha value is -2.60. The van der Waals surface area contributed by atoms with Crippen molar-refractivity contribution >= 4 is 22.2 Å². The summed E-state index contributed by atoms with van der Waals surface area (Å²) in [5, 5.41) is 14.9. The summed E-state index contributed by atoms with van der Waals surface area (Å²) >= 11 is 0.940. The molecule has 0 amide bonds. The Balaban J connectivity index is 2.60. The molecule has 20 heavy (non-hydrogen) atoms. The van der Waals surface area contributed by atoms with Gasteiger partial charge in [-0.1, -0.05) is 4.49 Å². The maximum atomic E-state index is 11.9. The fourth-order valence-corrected chi connectivity index (χ4v) is 2.03. The van der Waals surface area contributed by atoms with Gasteiger partial charge in [-0.25, -0.2) is 15.2 Å². The number of anilines is 1. The van der Waals surface area contributed by atoms with Gasteiger partial charge in [-0.2, -0.15) is 0 Å². The second-order valence-corrected chi connectivity index (χ2v) is 4.50. The van der Waals surface area contributed by atoms with E-state index in [0.29, 0.717) is 9.57 Å². The molecule has 2 aromatic rings. The molecule has 0 aliphatic carbocycles. The molecule has 2 rings (SSSR count). The van der Waals surface area contributed by atoms with Crippen LogP contribution in [0.15, 0.2) is 15.8 Å². The zero-order valence-electron chi connectivity index (χ0n) is 10.1. The molecule has 0 radical (unpaired) electrons. The smallest absolute Gasteiger partial charge is 0.313 e. The van der Waals surface area contributed by atoms with Crippen molar-refractivity contribution in [3.8, 4) is 0 Å². The lowest BCUT2D eigenvalue weighted by molar-refractivity contribution is -0.387. The molecular formula is C8H9N7O4S. The summed E-state index contributed by atoms with van der Waals surface area (Å²) in [6.45, 7) is -0.261. The number of aryl methyl sites for hydroxylation is 1. The average molecular weight is 299 g/mol. The van der Waals surface area contributed by atoms with Crippen molar-refractivity contribution in [1.82, 2.24) is 18.7 Å². The number of nitrogens with one attached hydrogen (secondary N) is 1. The SMILES string of the molecule is Cn1cc([N+](=O)[O-])c(=O)n(Cc2nnsc2NN)c1=O. The van der Waals surface area contributed by atoms with E-state index in [1.165, 1.54) is 7.05 Å². The molecular weight excluding hydrogens is 290 g/mol. The van der Waals surface area contributed by atoms with Crippen LogP contribution in [0.25, 0.3) is 0 Å². The molecule has 0 aliphatic heterocycles. The Labute approximate surface area is 114 Å². The Bertz CT molecular complexity index is 776. The van der Waals surface area contributed by atoms with E-state index in [-0.39, 0.29) is 12.2 Å². The van der Waals surface area contributed by atoms with Crippen molar-refractivity contribution < 1.29 is 4.92 Å². The summed E-state index contributed by atoms with van der Waals surface area (Å²) in [6.07, 6.45) is 0.878. The second kappa shape index (κ2) is 5.18. The third-order valence-corrected chi connectivity index (χ3v) is 3.20. The summed E-state index contributed by atoms with van der Waals surface area (Å²) in [5.41, 5.74) is 0.170. The molecule has 12 heteroatoms. The lowest BCUT2D eigenvalue weighted by Crippen LogP contribution is -2.40. The largest absolute Gasteiger partial charge is 0.350 e. The van der Waals surface area contributed by atoms with E-state index in [0.717, 1.165) is 22.3 Å². The number of nitrogens with two attached hydrogens (primary N) is 1. The monoisotopic (exact) mass is 299 g/mol. The number of nitrogens with zero attached hydrogens (tertiary/aromatic N) is 5. The summed E-state index contributed by atoms with van der Waals surface area (Å²) in [4.78, 5) is 33.8. The maximum absolute atomic E-state index is 11.9. The van der Waals surface area contributed by atoms with Crippen molar-refractivity contribution in [1.29, 1.82) is 0 Å². The van der Waals surface area contributed by atoms with Crippen molar-refractivity contribution in [2.45, 2.75) is 6.54 Å². The third-order valence-electron chi connectivity index (χ3n) is 2.50. The summed E-state index contributed by atoms with van der Waals surface area (Å²) in [7, 11) is 1.31. The van der Waals surface area contributed by atoms with Crippen LogP contribution in [0, 0.1) is 10.1 Å². The van der Waals surface area contributed by atoms with Crippen LogP contribution in [0.5, 0.6) is 0 Å². The van der Waals surface area contributed by atoms with Crippen LogP contribution < -0.4 is 22.5 Å². The van der Waals surface area contributed by atoms with E-state index >= 15 is 0 Å². The number of aromatic nitrogens is 4. The molecule has 0 fully saturated rings. The minimum Gasteiger partial charge on any atom is -0.313 e. The van der Waals surface area contributed by atoms with Gasteiger partial charge in [-0.05, 0) is 0 Å². The Morgan fingerprint density at radius 2 is 2.25 bits per heavy atom. The van der Waals surface area contributed by atoms with Crippen molar-refractivity contribution in [2.24, 2.45) is 12.9 Å². The van der Waals surface area contributed by atoms with E-state index < -0.39 is 21.9 Å². The maximum Gasteiger partial charge on any atom is 0.350 e. The predicted octanol–water partition coefficient (Wildman–Crippen LogP) is -1.36. The zero-order chi connectivity index (χ0) is 14.9. The molecule has 0 unspecified atom stereocenters. The van der Waals surface area contributed by atoms with E-state index in [2.05, 4.69) is 15.0 Å². The van der Waals surface area contributed by atoms with Gasteiger partial charge in [0.05, 0.1) is 17.7 Å². The Morgan fingerprint density at radius 1 is 1.55 bits per heavy atom. The quantitative estimate of drug-likeness (QED) is 0.399. The Morgan fingerprint density at radius 3 is 2.85 bits per heavy atom. The fourth-order valence-electron chi connectivity index (χ4n) is 1.55. The van der Waals surface area contributed by atoms with Gasteiger partial charge in [-0.3, -0.25) is 19.5 Å². The van der Waals surface area contributed by atoms with Crippen LogP contribution in [0.3, 0.4) is 0 Å². The summed E-state index contributed by atoms with van der Waals surface area (Å²) < 4.78 is 5.28. The summed E-state index contributed by atoms with van der Waals surface area (Å²) in [6, 6.07) is 0. The molecule has 0 aliphatic rings. The van der Waals surface area contributed by atoms with Crippen LogP contribution >= 0.6 is 11.5 Å². The molecule has 0 atom stereocenters. The zero-order valence-corrected chi connectivity index (χ0v) is 11.0. The number of hydrogen-bond donors (Lipinski definition) is 2. The number of nitro groups is 1. The van der Waals surface area contributed by atoms with Gasteiger partial charge >= 0.3 is 16.9 Å². The molecule has 106 valence electrons. The summed E-state index contributed by atoms with van der Waals surface area (Å²) in [5.74, 6) is 5.23. The van der Waals surface area contributed by atoms with Crippen molar-refractivity contribution in [3.63, 3.8) is 0 Å². The van der Waals surface area contributed by atoms with Gasteiger partial charge in [0.2, 0.25) is 0 Å². The van der Waals surface area contributed by atoms with Gasteiger partial charge in [0.15, 0.2) is 0 Å². The van der Waals surface area contributed by atoms with Gasteiger partial charge in [0.25, 0.3) is 0 Å². The van der Waals surface area contributed by atoms with E-state index in [4.69, 9.17) is 5.84 Å². The van der Waals surface area contributed by atoms with Gasteiger partial charge in [-0.15, -0.1) is 5.10 Å². The lowest BCUT2D eigenvalue weighted by atomic mass is 10.4. The Kier molecular flexibility index (Phi) is 3.58. The van der Waals surface area contributed by atoms with E-state index in [9.17, 15) is 19.7 Å². The first-order chi connectivity index (χ1) is 9.45. The molecule has 2 aromatic heterocycles. The fraction of sp³-hybridized carbons (Fsp3) is 0.250. The third kappa shape index (κ3) is 2.28. The van der Waals surface area contributed by atoms with Crippen LogP contribution in [-0.2, 0) is 13.6 Å².